The van der Waals surface area contributed by atoms with Crippen LogP contribution in [0.1, 0.15) is 0 Å². The SMILES string of the molecule is O=c1[nH]c(=S)[nH]c(O)c1N=Nc1n[nH]c2nnc(-c3ccccc3)c(-c3ccccc3)c12. The summed E-state index contributed by atoms with van der Waals surface area (Å²) >= 11 is 4.83. The third kappa shape index (κ3) is 3.46. The van der Waals surface area contributed by atoms with Crippen LogP contribution < -0.4 is 5.56 Å². The van der Waals surface area contributed by atoms with Gasteiger partial charge < -0.3 is 10.1 Å². The Morgan fingerprint density at radius 2 is 1.56 bits per heavy atom. The van der Waals surface area contributed by atoms with Gasteiger partial charge in [0.05, 0.1) is 5.39 Å². The quantitative estimate of drug-likeness (QED) is 0.237. The average molecular weight is 442 g/mol. The Morgan fingerprint density at radius 1 is 0.875 bits per heavy atom. The standard InChI is InChI=1S/C21H14N8O2S/c30-19-16(20(31)23-21(32)22-19)25-27-18-14-13(11-7-3-1-4-8-11)15(12-9-5-2-6-10-12)24-26-17(14)28-29-18/h1-10H,(H,26,28,29)(H3,22,23,30,31,32). The van der Waals surface area contributed by atoms with Crippen LogP contribution in [0.25, 0.3) is 33.4 Å². The second-order valence-electron chi connectivity index (χ2n) is 6.73. The number of aromatic hydroxyl groups is 1. The number of aromatic nitrogens is 6. The molecule has 2 aromatic carbocycles. The van der Waals surface area contributed by atoms with Crippen LogP contribution in [0.3, 0.4) is 0 Å². The molecule has 0 amide bonds. The predicted octanol–water partition coefficient (Wildman–Crippen LogP) is 4.55. The summed E-state index contributed by atoms with van der Waals surface area (Å²) in [6.07, 6.45) is 0. The van der Waals surface area contributed by atoms with E-state index in [0.717, 1.165) is 16.7 Å². The zero-order valence-electron chi connectivity index (χ0n) is 16.3. The van der Waals surface area contributed by atoms with E-state index < -0.39 is 11.4 Å². The molecule has 0 spiro atoms. The number of nitrogens with zero attached hydrogens (tertiary/aromatic N) is 5. The van der Waals surface area contributed by atoms with E-state index in [1.54, 1.807) is 0 Å². The number of benzene rings is 2. The minimum Gasteiger partial charge on any atom is -0.493 e. The molecule has 11 heteroatoms. The topological polar surface area (TPSA) is 148 Å². The minimum absolute atomic E-state index is 0.0224. The van der Waals surface area contributed by atoms with Crippen LogP contribution >= 0.6 is 12.2 Å². The molecule has 0 bridgehead atoms. The minimum atomic E-state index is -0.678. The van der Waals surface area contributed by atoms with Crippen molar-refractivity contribution in [3.63, 3.8) is 0 Å². The molecule has 0 aliphatic heterocycles. The molecule has 0 unspecified atom stereocenters. The number of azo groups is 1. The second kappa shape index (κ2) is 7.96. The highest BCUT2D eigenvalue weighted by atomic mass is 32.1. The summed E-state index contributed by atoms with van der Waals surface area (Å²) in [6.45, 7) is 0. The Balaban J connectivity index is 1.76. The van der Waals surface area contributed by atoms with Crippen LogP contribution in [0.5, 0.6) is 5.88 Å². The lowest BCUT2D eigenvalue weighted by Gasteiger charge is -2.10. The summed E-state index contributed by atoms with van der Waals surface area (Å²) in [5.74, 6) is -0.303. The number of hydrogen-bond acceptors (Lipinski definition) is 8. The number of aromatic amines is 3. The molecule has 5 aromatic rings. The third-order valence-electron chi connectivity index (χ3n) is 4.72. The van der Waals surface area contributed by atoms with Gasteiger partial charge >= 0.3 is 0 Å². The Labute approximate surface area is 184 Å². The van der Waals surface area contributed by atoms with Gasteiger partial charge in [0.25, 0.3) is 5.56 Å². The molecule has 5 rings (SSSR count). The summed E-state index contributed by atoms with van der Waals surface area (Å²) in [7, 11) is 0. The molecule has 3 heterocycles. The molecule has 0 aliphatic rings. The molecular formula is C21H14N8O2S. The first-order valence-corrected chi connectivity index (χ1v) is 9.85. The predicted molar refractivity (Wildman–Crippen MR) is 121 cm³/mol. The van der Waals surface area contributed by atoms with Crippen molar-refractivity contribution in [3.8, 4) is 28.3 Å². The summed E-state index contributed by atoms with van der Waals surface area (Å²) < 4.78 is -0.0224. The Bertz CT molecular complexity index is 1570. The molecule has 32 heavy (non-hydrogen) atoms. The largest absolute Gasteiger partial charge is 0.493 e. The number of hydrogen-bond donors (Lipinski definition) is 4. The Morgan fingerprint density at radius 3 is 2.25 bits per heavy atom. The van der Waals surface area contributed by atoms with Crippen molar-refractivity contribution in [2.75, 3.05) is 0 Å². The lowest BCUT2D eigenvalue weighted by atomic mass is 9.97. The average Bonchev–Trinajstić information content (AvgIpc) is 3.22. The van der Waals surface area contributed by atoms with E-state index in [-0.39, 0.29) is 16.3 Å². The summed E-state index contributed by atoms with van der Waals surface area (Å²) in [4.78, 5) is 16.9. The van der Waals surface area contributed by atoms with E-state index >= 15 is 0 Å². The highest BCUT2D eigenvalue weighted by molar-refractivity contribution is 7.71. The normalized spacial score (nSPS) is 11.4. The summed E-state index contributed by atoms with van der Waals surface area (Å²) in [5.41, 5.74) is 2.57. The van der Waals surface area contributed by atoms with Gasteiger partial charge in [-0.05, 0) is 17.8 Å². The fraction of sp³-hybridized carbons (Fsp3) is 0. The monoisotopic (exact) mass is 442 g/mol. The van der Waals surface area contributed by atoms with Crippen LogP contribution in [0, 0.1) is 4.77 Å². The zero-order chi connectivity index (χ0) is 22.1. The van der Waals surface area contributed by atoms with Crippen molar-refractivity contribution >= 4 is 34.8 Å². The van der Waals surface area contributed by atoms with Gasteiger partial charge in [0.2, 0.25) is 17.4 Å². The van der Waals surface area contributed by atoms with E-state index in [2.05, 4.69) is 40.6 Å². The van der Waals surface area contributed by atoms with Gasteiger partial charge in [0.15, 0.2) is 10.4 Å². The number of rotatable bonds is 4. The van der Waals surface area contributed by atoms with Crippen LogP contribution in [0.15, 0.2) is 75.7 Å². The summed E-state index contributed by atoms with van der Waals surface area (Å²) in [6, 6.07) is 19.3. The van der Waals surface area contributed by atoms with Crippen LogP contribution in [0.2, 0.25) is 0 Å². The maximum absolute atomic E-state index is 12.1. The fourth-order valence-corrected chi connectivity index (χ4v) is 3.50. The fourth-order valence-electron chi connectivity index (χ4n) is 3.31. The lowest BCUT2D eigenvalue weighted by Crippen LogP contribution is -2.06. The van der Waals surface area contributed by atoms with Gasteiger partial charge in [-0.2, -0.15) is 5.10 Å². The van der Waals surface area contributed by atoms with Gasteiger partial charge in [0.1, 0.15) is 5.69 Å². The smallest absolute Gasteiger partial charge is 0.283 e. The number of nitrogens with one attached hydrogen (secondary N) is 3. The van der Waals surface area contributed by atoms with Crippen LogP contribution in [-0.2, 0) is 0 Å². The molecule has 0 fully saturated rings. The molecule has 0 atom stereocenters. The van der Waals surface area contributed by atoms with Gasteiger partial charge in [-0.15, -0.1) is 20.4 Å². The molecule has 4 N–H and O–H groups in total. The van der Waals surface area contributed by atoms with Crippen molar-refractivity contribution < 1.29 is 5.11 Å². The van der Waals surface area contributed by atoms with E-state index in [1.807, 2.05) is 60.7 Å². The first-order chi connectivity index (χ1) is 15.6. The Kier molecular flexibility index (Phi) is 4.84. The lowest BCUT2D eigenvalue weighted by molar-refractivity contribution is 0.451. The molecule has 10 nitrogen and oxygen atoms in total. The van der Waals surface area contributed by atoms with Crippen molar-refractivity contribution in [1.29, 1.82) is 0 Å². The first kappa shape index (κ1) is 19.5. The number of fused-ring (bicyclic) bond motifs is 1. The highest BCUT2D eigenvalue weighted by Gasteiger charge is 2.20. The highest BCUT2D eigenvalue weighted by Crippen LogP contribution is 2.39. The zero-order valence-corrected chi connectivity index (χ0v) is 17.1. The second-order valence-corrected chi connectivity index (χ2v) is 7.14. The molecular weight excluding hydrogens is 428 g/mol. The maximum atomic E-state index is 12.1. The van der Waals surface area contributed by atoms with E-state index in [4.69, 9.17) is 12.2 Å². The molecule has 0 saturated carbocycles. The summed E-state index contributed by atoms with van der Waals surface area (Å²) in [5, 5.41) is 34.3. The number of H-pyrrole nitrogens is 3. The van der Waals surface area contributed by atoms with Crippen molar-refractivity contribution in [3.05, 3.63) is 75.8 Å². The van der Waals surface area contributed by atoms with Crippen LogP contribution in [-0.4, -0.2) is 35.5 Å². The van der Waals surface area contributed by atoms with Gasteiger partial charge in [-0.3, -0.25) is 14.9 Å². The molecule has 156 valence electrons. The van der Waals surface area contributed by atoms with Gasteiger partial charge in [-0.1, -0.05) is 60.7 Å². The maximum Gasteiger partial charge on any atom is 0.283 e. The van der Waals surface area contributed by atoms with Crippen molar-refractivity contribution in [1.82, 2.24) is 30.4 Å². The van der Waals surface area contributed by atoms with Gasteiger partial charge in [-0.25, -0.2) is 0 Å². The van der Waals surface area contributed by atoms with Crippen molar-refractivity contribution in [2.45, 2.75) is 0 Å². The molecule has 0 saturated heterocycles. The van der Waals surface area contributed by atoms with E-state index in [9.17, 15) is 9.90 Å². The molecule has 0 aliphatic carbocycles. The van der Waals surface area contributed by atoms with Crippen molar-refractivity contribution in [2.24, 2.45) is 10.2 Å². The van der Waals surface area contributed by atoms with E-state index in [1.165, 1.54) is 0 Å². The Hall–Kier alpha value is -4.51. The van der Waals surface area contributed by atoms with Gasteiger partial charge in [0, 0.05) is 11.1 Å². The molecule has 0 radical (unpaired) electrons. The van der Waals surface area contributed by atoms with E-state index in [0.29, 0.717) is 16.7 Å². The first-order valence-electron chi connectivity index (χ1n) is 9.44. The third-order valence-corrected chi connectivity index (χ3v) is 4.92. The van der Waals surface area contributed by atoms with Crippen LogP contribution in [0.4, 0.5) is 11.5 Å². The molecule has 3 aromatic heterocycles.